The van der Waals surface area contributed by atoms with E-state index in [9.17, 15) is 9.59 Å². The van der Waals surface area contributed by atoms with Crippen LogP contribution < -0.4 is 4.74 Å². The summed E-state index contributed by atoms with van der Waals surface area (Å²) >= 11 is 0. The van der Waals surface area contributed by atoms with Gasteiger partial charge in [-0.05, 0) is 69.6 Å². The smallest absolute Gasteiger partial charge is 0.268 e. The van der Waals surface area contributed by atoms with Gasteiger partial charge in [0.1, 0.15) is 5.75 Å². The SMILES string of the molecule is O=C1C(=O)c2cc3cc4ccccc4cc3cc2C=C1Oc1ccccc1. The van der Waals surface area contributed by atoms with Gasteiger partial charge in [-0.2, -0.15) is 0 Å². The number of hydrogen-bond donors (Lipinski definition) is 0. The van der Waals surface area contributed by atoms with E-state index in [0.29, 0.717) is 16.9 Å². The van der Waals surface area contributed by atoms with Gasteiger partial charge < -0.3 is 4.74 Å². The molecule has 0 unspecified atom stereocenters. The van der Waals surface area contributed by atoms with Crippen LogP contribution in [0.3, 0.4) is 0 Å². The zero-order chi connectivity index (χ0) is 18.4. The highest BCUT2D eigenvalue weighted by Gasteiger charge is 2.29. The van der Waals surface area contributed by atoms with Crippen LogP contribution in [0.25, 0.3) is 27.6 Å². The molecule has 3 heteroatoms. The first kappa shape index (κ1) is 15.5. The monoisotopic (exact) mass is 350 g/mol. The fourth-order valence-corrected chi connectivity index (χ4v) is 3.46. The zero-order valence-corrected chi connectivity index (χ0v) is 14.3. The Balaban J connectivity index is 1.67. The molecule has 4 aromatic carbocycles. The second-order valence-electron chi connectivity index (χ2n) is 6.57. The summed E-state index contributed by atoms with van der Waals surface area (Å²) in [5.74, 6) is -0.570. The van der Waals surface area contributed by atoms with Crippen molar-refractivity contribution in [2.45, 2.75) is 0 Å². The van der Waals surface area contributed by atoms with Crippen molar-refractivity contribution in [3.63, 3.8) is 0 Å². The van der Waals surface area contributed by atoms with Crippen molar-refractivity contribution in [2.75, 3.05) is 0 Å². The van der Waals surface area contributed by atoms with Crippen molar-refractivity contribution in [3.05, 3.63) is 95.7 Å². The maximum Gasteiger partial charge on any atom is 0.268 e. The minimum Gasteiger partial charge on any atom is -0.453 e. The summed E-state index contributed by atoms with van der Waals surface area (Å²) in [5.41, 5.74) is 1.12. The fraction of sp³-hybridized carbons (Fsp3) is 0. The van der Waals surface area contributed by atoms with Crippen LogP contribution in [0.15, 0.2) is 84.6 Å². The van der Waals surface area contributed by atoms with E-state index in [2.05, 4.69) is 12.1 Å². The third kappa shape index (κ3) is 2.61. The van der Waals surface area contributed by atoms with Crippen molar-refractivity contribution >= 4 is 39.2 Å². The molecule has 0 atom stereocenters. The Labute approximate surface area is 155 Å². The topological polar surface area (TPSA) is 43.4 Å². The third-order valence-corrected chi connectivity index (χ3v) is 4.81. The Kier molecular flexibility index (Phi) is 3.41. The lowest BCUT2D eigenvalue weighted by Gasteiger charge is -2.16. The van der Waals surface area contributed by atoms with E-state index in [-0.39, 0.29) is 5.76 Å². The molecule has 0 amide bonds. The van der Waals surface area contributed by atoms with Gasteiger partial charge in [0.2, 0.25) is 5.78 Å². The van der Waals surface area contributed by atoms with Gasteiger partial charge in [-0.3, -0.25) is 9.59 Å². The standard InChI is InChI=1S/C24H14O3/c25-23-21-13-18-11-16-7-5-4-6-15(16)10-17(18)12-19(21)14-22(24(23)26)27-20-8-2-1-3-9-20/h1-14H. The van der Waals surface area contributed by atoms with Gasteiger partial charge >= 0.3 is 0 Å². The molecule has 1 aliphatic rings. The summed E-state index contributed by atoms with van der Waals surface area (Å²) in [7, 11) is 0. The Bertz CT molecular complexity index is 1270. The fourth-order valence-electron chi connectivity index (χ4n) is 3.46. The van der Waals surface area contributed by atoms with Gasteiger partial charge in [0, 0.05) is 5.56 Å². The molecule has 27 heavy (non-hydrogen) atoms. The molecule has 0 aliphatic heterocycles. The summed E-state index contributed by atoms with van der Waals surface area (Å²) in [6, 6.07) is 25.0. The molecule has 0 radical (unpaired) electrons. The van der Waals surface area contributed by atoms with E-state index in [1.54, 1.807) is 24.3 Å². The van der Waals surface area contributed by atoms with E-state index in [4.69, 9.17) is 4.74 Å². The highest BCUT2D eigenvalue weighted by molar-refractivity contribution is 6.51. The Morgan fingerprint density at radius 3 is 1.93 bits per heavy atom. The minimum absolute atomic E-state index is 0.0545. The first-order valence-corrected chi connectivity index (χ1v) is 8.69. The lowest BCUT2D eigenvalue weighted by molar-refractivity contribution is -0.113. The highest BCUT2D eigenvalue weighted by atomic mass is 16.5. The summed E-state index contributed by atoms with van der Waals surface area (Å²) in [6.07, 6.45) is 1.65. The minimum atomic E-state index is -0.619. The van der Waals surface area contributed by atoms with Crippen LogP contribution in [-0.2, 0) is 4.79 Å². The van der Waals surface area contributed by atoms with Crippen LogP contribution >= 0.6 is 0 Å². The van der Waals surface area contributed by atoms with Gasteiger partial charge in [-0.25, -0.2) is 0 Å². The van der Waals surface area contributed by atoms with Gasteiger partial charge in [0.25, 0.3) is 5.78 Å². The summed E-state index contributed by atoms with van der Waals surface area (Å²) in [4.78, 5) is 25.2. The maximum absolute atomic E-state index is 12.7. The number of ether oxygens (including phenoxy) is 1. The normalized spacial score (nSPS) is 13.6. The molecule has 5 rings (SSSR count). The lowest BCUT2D eigenvalue weighted by Crippen LogP contribution is -2.24. The number of ketones is 2. The molecule has 0 saturated carbocycles. The predicted molar refractivity (Wildman–Crippen MR) is 106 cm³/mol. The van der Waals surface area contributed by atoms with Crippen LogP contribution in [0.1, 0.15) is 15.9 Å². The molecule has 0 N–H and O–H groups in total. The van der Waals surface area contributed by atoms with Crippen LogP contribution in [-0.4, -0.2) is 11.6 Å². The quantitative estimate of drug-likeness (QED) is 0.370. The molecule has 0 saturated heterocycles. The molecule has 3 nitrogen and oxygen atoms in total. The van der Waals surface area contributed by atoms with Crippen LogP contribution in [0.2, 0.25) is 0 Å². The Morgan fingerprint density at radius 1 is 0.593 bits per heavy atom. The van der Waals surface area contributed by atoms with Crippen molar-refractivity contribution in [1.82, 2.24) is 0 Å². The van der Waals surface area contributed by atoms with Crippen molar-refractivity contribution in [1.29, 1.82) is 0 Å². The molecule has 0 aromatic heterocycles. The van der Waals surface area contributed by atoms with E-state index < -0.39 is 11.6 Å². The molecule has 128 valence electrons. The molecular formula is C24H14O3. The number of allylic oxidation sites excluding steroid dienone is 1. The van der Waals surface area contributed by atoms with Crippen molar-refractivity contribution in [3.8, 4) is 5.75 Å². The first-order chi connectivity index (χ1) is 13.2. The number of para-hydroxylation sites is 1. The molecule has 4 aromatic rings. The van der Waals surface area contributed by atoms with Crippen LogP contribution in [0.5, 0.6) is 5.75 Å². The van der Waals surface area contributed by atoms with E-state index in [1.807, 2.05) is 48.5 Å². The van der Waals surface area contributed by atoms with Gasteiger partial charge in [-0.15, -0.1) is 0 Å². The van der Waals surface area contributed by atoms with Gasteiger partial charge in [-0.1, -0.05) is 42.5 Å². The van der Waals surface area contributed by atoms with E-state index in [0.717, 1.165) is 21.5 Å². The number of Topliss-reactive ketones (excluding diaryl/α,β-unsaturated/α-hetero) is 2. The van der Waals surface area contributed by atoms with Gasteiger partial charge in [0.05, 0.1) is 0 Å². The molecule has 0 heterocycles. The Morgan fingerprint density at radius 2 is 1.22 bits per heavy atom. The number of fused-ring (bicyclic) bond motifs is 3. The molecule has 0 spiro atoms. The number of benzene rings is 4. The summed E-state index contributed by atoms with van der Waals surface area (Å²) < 4.78 is 5.67. The molecule has 0 fully saturated rings. The maximum atomic E-state index is 12.7. The van der Waals surface area contributed by atoms with Crippen molar-refractivity contribution in [2.24, 2.45) is 0 Å². The second kappa shape index (κ2) is 5.92. The number of carbonyl (C=O) groups excluding carboxylic acids is 2. The van der Waals surface area contributed by atoms with E-state index >= 15 is 0 Å². The lowest BCUT2D eigenvalue weighted by atomic mass is 9.90. The molecule has 0 bridgehead atoms. The largest absolute Gasteiger partial charge is 0.453 e. The number of rotatable bonds is 2. The second-order valence-corrected chi connectivity index (χ2v) is 6.57. The third-order valence-electron chi connectivity index (χ3n) is 4.81. The van der Waals surface area contributed by atoms with E-state index in [1.165, 1.54) is 0 Å². The van der Waals surface area contributed by atoms with Crippen LogP contribution in [0, 0.1) is 0 Å². The highest BCUT2D eigenvalue weighted by Crippen LogP contribution is 2.30. The average molecular weight is 350 g/mol. The zero-order valence-electron chi connectivity index (χ0n) is 14.3. The number of carbonyl (C=O) groups is 2. The first-order valence-electron chi connectivity index (χ1n) is 8.69. The number of hydrogen-bond acceptors (Lipinski definition) is 3. The molecular weight excluding hydrogens is 336 g/mol. The molecule has 1 aliphatic carbocycles. The van der Waals surface area contributed by atoms with Crippen molar-refractivity contribution < 1.29 is 14.3 Å². The summed E-state index contributed by atoms with van der Waals surface area (Å²) in [5, 5.41) is 4.19. The Hall–Kier alpha value is -3.72. The summed E-state index contributed by atoms with van der Waals surface area (Å²) in [6.45, 7) is 0. The van der Waals surface area contributed by atoms with Gasteiger partial charge in [0.15, 0.2) is 5.76 Å². The predicted octanol–water partition coefficient (Wildman–Crippen LogP) is 5.18. The van der Waals surface area contributed by atoms with Crippen LogP contribution in [0.4, 0.5) is 0 Å². The average Bonchev–Trinajstić information content (AvgIpc) is 2.70.